The number of thioether (sulfide) groups is 1. The van der Waals surface area contributed by atoms with Crippen LogP contribution in [0.5, 0.6) is 0 Å². The third-order valence-electron chi connectivity index (χ3n) is 2.59. The number of nitrogens with one attached hydrogen (secondary N) is 2. The zero-order chi connectivity index (χ0) is 15.6. The average Bonchev–Trinajstić information content (AvgIpc) is 2.68. The summed E-state index contributed by atoms with van der Waals surface area (Å²) < 4.78 is 6.11. The van der Waals surface area contributed by atoms with Crippen molar-refractivity contribution in [2.75, 3.05) is 0 Å². The quantitative estimate of drug-likeness (QED) is 0.836. The van der Waals surface area contributed by atoms with Gasteiger partial charge in [-0.1, -0.05) is 39.8 Å². The summed E-state index contributed by atoms with van der Waals surface area (Å²) in [7, 11) is 0. The lowest BCUT2D eigenvalue weighted by molar-refractivity contribution is -0.124. The molecular formula is C14H17BrN2O3S. The van der Waals surface area contributed by atoms with E-state index in [2.05, 4.69) is 26.6 Å². The van der Waals surface area contributed by atoms with Gasteiger partial charge in [0.2, 0.25) is 5.44 Å². The molecule has 0 aromatic heterocycles. The smallest absolute Gasteiger partial charge is 0.409 e. The van der Waals surface area contributed by atoms with Gasteiger partial charge < -0.3 is 15.4 Å². The molecule has 1 aliphatic rings. The van der Waals surface area contributed by atoms with Gasteiger partial charge in [0.1, 0.15) is 5.37 Å². The van der Waals surface area contributed by atoms with Crippen molar-refractivity contribution in [3.05, 3.63) is 34.3 Å². The number of carbonyl (C=O) groups is 2. The van der Waals surface area contributed by atoms with Crippen molar-refractivity contribution in [2.24, 2.45) is 0 Å². The summed E-state index contributed by atoms with van der Waals surface area (Å²) >= 11 is 4.67. The van der Waals surface area contributed by atoms with Crippen LogP contribution in [0.1, 0.15) is 31.7 Å². The molecule has 21 heavy (non-hydrogen) atoms. The first kappa shape index (κ1) is 16.2. The summed E-state index contributed by atoms with van der Waals surface area (Å²) in [4.78, 5) is 23.6. The van der Waals surface area contributed by atoms with E-state index in [4.69, 9.17) is 4.74 Å². The minimum absolute atomic E-state index is 0.220. The number of hydrogen-bond donors (Lipinski definition) is 2. The molecule has 2 amide bonds. The maximum Gasteiger partial charge on any atom is 0.409 e. The van der Waals surface area contributed by atoms with Crippen LogP contribution in [-0.4, -0.2) is 23.0 Å². The van der Waals surface area contributed by atoms with E-state index < -0.39 is 17.1 Å². The molecule has 1 aromatic carbocycles. The topological polar surface area (TPSA) is 67.4 Å². The number of ether oxygens (including phenoxy) is 1. The van der Waals surface area contributed by atoms with Crippen LogP contribution in [0, 0.1) is 0 Å². The molecule has 2 rings (SSSR count). The van der Waals surface area contributed by atoms with Crippen LogP contribution in [0.4, 0.5) is 4.79 Å². The third-order valence-corrected chi connectivity index (χ3v) is 4.30. The normalized spacial score (nSPS) is 21.8. The largest absolute Gasteiger partial charge is 0.425 e. The predicted molar refractivity (Wildman–Crippen MR) is 85.8 cm³/mol. The molecule has 5 nitrogen and oxygen atoms in total. The Hall–Kier alpha value is -1.21. The van der Waals surface area contributed by atoms with Crippen molar-refractivity contribution in [1.29, 1.82) is 0 Å². The third kappa shape index (κ3) is 4.64. The molecule has 0 spiro atoms. The van der Waals surface area contributed by atoms with Gasteiger partial charge in [0.15, 0.2) is 0 Å². The predicted octanol–water partition coefficient (Wildman–Crippen LogP) is 3.16. The summed E-state index contributed by atoms with van der Waals surface area (Å²) in [6, 6.07) is 7.65. The Bertz CT molecular complexity index is 559. The average molecular weight is 373 g/mol. The zero-order valence-electron chi connectivity index (χ0n) is 12.0. The van der Waals surface area contributed by atoms with E-state index in [0.717, 1.165) is 10.0 Å². The van der Waals surface area contributed by atoms with Crippen molar-refractivity contribution in [2.45, 2.75) is 37.1 Å². The summed E-state index contributed by atoms with van der Waals surface area (Å²) in [5.74, 6) is -0.297. The summed E-state index contributed by atoms with van der Waals surface area (Å²) in [5.41, 5.74) is -0.290. The van der Waals surface area contributed by atoms with Crippen LogP contribution in [0.15, 0.2) is 28.7 Å². The first-order valence-electron chi connectivity index (χ1n) is 6.45. The van der Waals surface area contributed by atoms with Gasteiger partial charge >= 0.3 is 6.09 Å². The number of alkyl carbamates (subject to hydrolysis) is 1. The van der Waals surface area contributed by atoms with Crippen LogP contribution < -0.4 is 10.6 Å². The molecule has 7 heteroatoms. The molecule has 114 valence electrons. The van der Waals surface area contributed by atoms with Crippen molar-refractivity contribution in [3.63, 3.8) is 0 Å². The zero-order valence-corrected chi connectivity index (χ0v) is 14.4. The molecular weight excluding hydrogens is 356 g/mol. The maximum absolute atomic E-state index is 11.9. The lowest BCUT2D eigenvalue weighted by Gasteiger charge is -2.21. The molecule has 1 aromatic rings. The van der Waals surface area contributed by atoms with Gasteiger partial charge in [-0.05, 0) is 38.5 Å². The molecule has 2 unspecified atom stereocenters. The Morgan fingerprint density at radius 3 is 2.76 bits per heavy atom. The van der Waals surface area contributed by atoms with E-state index in [1.165, 1.54) is 11.8 Å². The van der Waals surface area contributed by atoms with Crippen molar-refractivity contribution in [3.8, 4) is 0 Å². The van der Waals surface area contributed by atoms with E-state index in [1.54, 1.807) is 0 Å². The first-order valence-corrected chi connectivity index (χ1v) is 8.18. The van der Waals surface area contributed by atoms with Crippen LogP contribution in [0.25, 0.3) is 0 Å². The Balaban J connectivity index is 1.98. The lowest BCUT2D eigenvalue weighted by atomic mass is 10.1. The fourth-order valence-corrected chi connectivity index (χ4v) is 3.25. The molecule has 1 fully saturated rings. The van der Waals surface area contributed by atoms with E-state index in [-0.39, 0.29) is 11.3 Å². The Morgan fingerprint density at radius 2 is 2.14 bits per heavy atom. The number of hydrogen-bond acceptors (Lipinski definition) is 4. The minimum Gasteiger partial charge on any atom is -0.425 e. The number of carbonyl (C=O) groups excluding carboxylic acids is 2. The molecule has 0 saturated carbocycles. The first-order chi connectivity index (χ1) is 9.74. The van der Waals surface area contributed by atoms with Gasteiger partial charge in [0.25, 0.3) is 5.91 Å². The molecule has 1 aliphatic heterocycles. The SMILES string of the molecule is CC(C)(C)NC(=O)OC1SC(c2cccc(Br)c2)NC1=O. The second-order valence-electron chi connectivity index (χ2n) is 5.69. The van der Waals surface area contributed by atoms with Crippen molar-refractivity contribution >= 4 is 39.7 Å². The van der Waals surface area contributed by atoms with E-state index in [0.29, 0.717) is 0 Å². The van der Waals surface area contributed by atoms with E-state index in [1.807, 2.05) is 45.0 Å². The van der Waals surface area contributed by atoms with Crippen LogP contribution in [0.2, 0.25) is 0 Å². The Kier molecular flexibility index (Phi) is 4.83. The summed E-state index contributed by atoms with van der Waals surface area (Å²) in [5, 5.41) is 5.26. The molecule has 1 heterocycles. The monoisotopic (exact) mass is 372 g/mol. The highest BCUT2D eigenvalue weighted by atomic mass is 79.9. The van der Waals surface area contributed by atoms with Crippen LogP contribution >= 0.6 is 27.7 Å². The summed E-state index contributed by atoms with van der Waals surface area (Å²) in [6.07, 6.45) is -0.593. The standard InChI is InChI=1S/C14H17BrN2O3S/c1-14(2,3)17-13(19)20-12-10(18)16-11(21-12)8-5-4-6-9(15)7-8/h4-7,11-12H,1-3H3,(H,16,18)(H,17,19). The number of amides is 2. The molecule has 0 radical (unpaired) electrons. The van der Waals surface area contributed by atoms with Gasteiger partial charge in [0, 0.05) is 10.0 Å². The van der Waals surface area contributed by atoms with Crippen LogP contribution in [-0.2, 0) is 9.53 Å². The number of rotatable bonds is 2. The number of halogens is 1. The second kappa shape index (κ2) is 6.27. The van der Waals surface area contributed by atoms with Gasteiger partial charge in [-0.3, -0.25) is 4.79 Å². The Labute approximate surface area is 136 Å². The second-order valence-corrected chi connectivity index (χ2v) is 7.78. The van der Waals surface area contributed by atoms with Gasteiger partial charge in [-0.2, -0.15) is 0 Å². The molecule has 2 atom stereocenters. The minimum atomic E-state index is -0.837. The summed E-state index contributed by atoms with van der Waals surface area (Å²) in [6.45, 7) is 5.54. The fourth-order valence-electron chi connectivity index (χ4n) is 1.76. The van der Waals surface area contributed by atoms with Gasteiger partial charge in [-0.15, -0.1) is 0 Å². The molecule has 0 aliphatic carbocycles. The van der Waals surface area contributed by atoms with Crippen molar-refractivity contribution in [1.82, 2.24) is 10.6 Å². The maximum atomic E-state index is 11.9. The van der Waals surface area contributed by atoms with Crippen molar-refractivity contribution < 1.29 is 14.3 Å². The van der Waals surface area contributed by atoms with Crippen LogP contribution in [0.3, 0.4) is 0 Å². The molecule has 2 N–H and O–H groups in total. The van der Waals surface area contributed by atoms with Gasteiger partial charge in [-0.25, -0.2) is 4.79 Å². The molecule has 0 bridgehead atoms. The lowest BCUT2D eigenvalue weighted by Crippen LogP contribution is -2.43. The number of benzene rings is 1. The highest BCUT2D eigenvalue weighted by molar-refractivity contribution is 9.10. The molecule has 1 saturated heterocycles. The highest BCUT2D eigenvalue weighted by Gasteiger charge is 2.37. The van der Waals surface area contributed by atoms with E-state index >= 15 is 0 Å². The van der Waals surface area contributed by atoms with Gasteiger partial charge in [0.05, 0.1) is 0 Å². The highest BCUT2D eigenvalue weighted by Crippen LogP contribution is 2.37. The Morgan fingerprint density at radius 1 is 1.43 bits per heavy atom. The van der Waals surface area contributed by atoms with E-state index in [9.17, 15) is 9.59 Å². The fraction of sp³-hybridized carbons (Fsp3) is 0.429.